The summed E-state index contributed by atoms with van der Waals surface area (Å²) in [6, 6.07) is 21.5. The summed E-state index contributed by atoms with van der Waals surface area (Å²) in [4.78, 5) is 15.5. The predicted molar refractivity (Wildman–Crippen MR) is 127 cm³/mol. The normalized spacial score (nSPS) is 11.7. The quantitative estimate of drug-likeness (QED) is 0.278. The van der Waals surface area contributed by atoms with Gasteiger partial charge in [-0.3, -0.25) is 4.79 Å². The van der Waals surface area contributed by atoms with Crippen molar-refractivity contribution in [2.24, 2.45) is 7.05 Å². The van der Waals surface area contributed by atoms with E-state index in [1.165, 1.54) is 13.1 Å². The van der Waals surface area contributed by atoms with Gasteiger partial charge in [0.25, 0.3) is 5.91 Å². The maximum atomic E-state index is 13.9. The lowest BCUT2D eigenvalue weighted by atomic mass is 9.98. The fourth-order valence-electron chi connectivity index (χ4n) is 4.02. The predicted octanol–water partition coefficient (Wildman–Crippen LogP) is 7.11. The lowest BCUT2D eigenvalue weighted by Crippen LogP contribution is -2.32. The summed E-state index contributed by atoms with van der Waals surface area (Å²) in [7, 11) is 1.38. The Hall–Kier alpha value is -3.06. The van der Waals surface area contributed by atoms with Crippen molar-refractivity contribution >= 4 is 32.6 Å². The number of halogens is 4. The first-order chi connectivity index (χ1) is 15.6. The van der Waals surface area contributed by atoms with E-state index < -0.39 is 11.9 Å². The van der Waals surface area contributed by atoms with Crippen LogP contribution in [0.4, 0.5) is 13.2 Å². The highest BCUT2D eigenvalue weighted by Gasteiger charge is 2.34. The molecule has 3 nitrogen and oxygen atoms in total. The molecule has 4 aromatic rings. The molecule has 0 bridgehead atoms. The number of carbonyl (C=O) groups is 1. The molecule has 0 spiro atoms. The number of fused-ring (bicyclic) bond motifs is 1. The molecule has 0 N–H and O–H groups in total. The van der Waals surface area contributed by atoms with Gasteiger partial charge in [0.15, 0.2) is 0 Å². The summed E-state index contributed by atoms with van der Waals surface area (Å²) in [5.74, 6) is -0.220. The Morgan fingerprint density at radius 3 is 2.30 bits per heavy atom. The van der Waals surface area contributed by atoms with Crippen molar-refractivity contribution in [3.05, 3.63) is 105 Å². The van der Waals surface area contributed by atoms with Gasteiger partial charge in [0, 0.05) is 23.8 Å². The van der Waals surface area contributed by atoms with E-state index >= 15 is 0 Å². The van der Waals surface area contributed by atoms with Gasteiger partial charge in [-0.05, 0) is 53.1 Å². The molecule has 0 saturated heterocycles. The molecule has 1 amide bonds. The molecular formula is C26H22BrF3N2O. The van der Waals surface area contributed by atoms with E-state index in [0.717, 1.165) is 37.0 Å². The number of nitrogens with zero attached hydrogens (tertiary/aromatic N) is 2. The first kappa shape index (κ1) is 23.1. The Kier molecular flexibility index (Phi) is 6.34. The maximum absolute atomic E-state index is 13.9. The van der Waals surface area contributed by atoms with Crippen molar-refractivity contribution in [1.82, 2.24) is 9.47 Å². The molecule has 0 atom stereocenters. The number of alkyl halides is 3. The molecule has 1 aromatic heterocycles. The fraction of sp³-hybridized carbons (Fsp3) is 0.192. The third-order valence-electron chi connectivity index (χ3n) is 5.79. The number of aromatic nitrogens is 1. The fourth-order valence-corrected chi connectivity index (χ4v) is 4.29. The van der Waals surface area contributed by atoms with E-state index in [1.54, 1.807) is 4.90 Å². The Labute approximate surface area is 198 Å². The number of rotatable bonds is 5. The van der Waals surface area contributed by atoms with Crippen LogP contribution in [0.25, 0.3) is 10.8 Å². The molecule has 0 aliphatic rings. The van der Waals surface area contributed by atoms with Crippen LogP contribution in [0.15, 0.2) is 77.3 Å². The van der Waals surface area contributed by atoms with Crippen LogP contribution in [-0.2, 0) is 26.3 Å². The van der Waals surface area contributed by atoms with Crippen molar-refractivity contribution in [1.29, 1.82) is 0 Å². The summed E-state index contributed by atoms with van der Waals surface area (Å²) < 4.78 is 42.0. The van der Waals surface area contributed by atoms with Crippen LogP contribution >= 0.6 is 15.9 Å². The monoisotopic (exact) mass is 514 g/mol. The van der Waals surface area contributed by atoms with Crippen LogP contribution in [0.2, 0.25) is 0 Å². The van der Waals surface area contributed by atoms with Gasteiger partial charge < -0.3 is 9.47 Å². The molecule has 0 aliphatic carbocycles. The SMILES string of the molecule is Cc1ccc2ccccc2c1C(=O)N(Cc1ccc(Br)cc1)Cc1ccc(C(F)(F)F)n1C. The van der Waals surface area contributed by atoms with Gasteiger partial charge in [-0.2, -0.15) is 13.2 Å². The molecule has 1 heterocycles. The molecule has 0 radical (unpaired) electrons. The first-order valence-corrected chi connectivity index (χ1v) is 11.2. The number of hydrogen-bond acceptors (Lipinski definition) is 1. The highest BCUT2D eigenvalue weighted by atomic mass is 79.9. The zero-order valence-corrected chi connectivity index (χ0v) is 19.7. The Morgan fingerprint density at radius 1 is 0.939 bits per heavy atom. The summed E-state index contributed by atoms with van der Waals surface area (Å²) in [6.45, 7) is 2.19. The van der Waals surface area contributed by atoms with Crippen LogP contribution in [0.5, 0.6) is 0 Å². The van der Waals surface area contributed by atoms with E-state index in [9.17, 15) is 18.0 Å². The van der Waals surface area contributed by atoms with Crippen LogP contribution in [-0.4, -0.2) is 15.4 Å². The van der Waals surface area contributed by atoms with Gasteiger partial charge in [-0.1, -0.05) is 64.5 Å². The van der Waals surface area contributed by atoms with Crippen molar-refractivity contribution in [2.45, 2.75) is 26.2 Å². The number of carbonyl (C=O) groups excluding carboxylic acids is 1. The highest BCUT2D eigenvalue weighted by molar-refractivity contribution is 9.10. The average Bonchev–Trinajstić information content (AvgIpc) is 3.15. The van der Waals surface area contributed by atoms with Crippen LogP contribution in [0, 0.1) is 6.92 Å². The maximum Gasteiger partial charge on any atom is 0.431 e. The Morgan fingerprint density at radius 2 is 1.64 bits per heavy atom. The van der Waals surface area contributed by atoms with Crippen molar-refractivity contribution in [3.8, 4) is 0 Å². The molecule has 33 heavy (non-hydrogen) atoms. The van der Waals surface area contributed by atoms with Crippen molar-refractivity contribution in [3.63, 3.8) is 0 Å². The van der Waals surface area contributed by atoms with Crippen molar-refractivity contribution in [2.75, 3.05) is 0 Å². The summed E-state index contributed by atoms with van der Waals surface area (Å²) in [6.07, 6.45) is -4.46. The summed E-state index contributed by atoms with van der Waals surface area (Å²) in [5, 5.41) is 1.76. The second-order valence-corrected chi connectivity index (χ2v) is 8.95. The molecule has 0 saturated carbocycles. The average molecular weight is 515 g/mol. The molecule has 4 rings (SSSR count). The standard InChI is InChI=1S/C26H22BrF3N2O/c1-17-7-10-19-5-3-4-6-22(19)24(17)25(33)32(15-18-8-11-20(27)12-9-18)16-21-13-14-23(31(21)2)26(28,29)30/h3-14H,15-16H2,1-2H3. The minimum absolute atomic E-state index is 0.0458. The zero-order chi connectivity index (χ0) is 23.8. The van der Waals surface area contributed by atoms with Crippen LogP contribution in [0.3, 0.4) is 0 Å². The minimum atomic E-state index is -4.46. The first-order valence-electron chi connectivity index (χ1n) is 10.4. The van der Waals surface area contributed by atoms with E-state index in [0.29, 0.717) is 11.3 Å². The van der Waals surface area contributed by atoms with Crippen LogP contribution in [0.1, 0.15) is 32.9 Å². The second-order valence-electron chi connectivity index (χ2n) is 8.03. The molecule has 7 heteroatoms. The topological polar surface area (TPSA) is 25.2 Å². The van der Waals surface area contributed by atoms with Gasteiger partial charge >= 0.3 is 6.18 Å². The third-order valence-corrected chi connectivity index (χ3v) is 6.32. The lowest BCUT2D eigenvalue weighted by molar-refractivity contribution is -0.143. The highest BCUT2D eigenvalue weighted by Crippen LogP contribution is 2.31. The number of benzene rings is 3. The van der Waals surface area contributed by atoms with E-state index in [2.05, 4.69) is 15.9 Å². The van der Waals surface area contributed by atoms with Gasteiger partial charge in [0.1, 0.15) is 5.69 Å². The third kappa shape index (κ3) is 4.83. The lowest BCUT2D eigenvalue weighted by Gasteiger charge is -2.25. The number of hydrogen-bond donors (Lipinski definition) is 0. The molecule has 0 aliphatic heterocycles. The van der Waals surface area contributed by atoms with E-state index in [1.807, 2.05) is 67.6 Å². The van der Waals surface area contributed by atoms with E-state index in [-0.39, 0.29) is 19.0 Å². The minimum Gasteiger partial charge on any atom is -0.343 e. The van der Waals surface area contributed by atoms with Gasteiger partial charge in [-0.15, -0.1) is 0 Å². The smallest absolute Gasteiger partial charge is 0.343 e. The Balaban J connectivity index is 1.77. The molecule has 0 fully saturated rings. The number of aryl methyl sites for hydroxylation is 1. The zero-order valence-electron chi connectivity index (χ0n) is 18.2. The van der Waals surface area contributed by atoms with Gasteiger partial charge in [-0.25, -0.2) is 0 Å². The number of amides is 1. The van der Waals surface area contributed by atoms with Crippen LogP contribution < -0.4 is 0 Å². The summed E-state index contributed by atoms with van der Waals surface area (Å²) in [5.41, 5.74) is 1.94. The molecule has 170 valence electrons. The molecule has 0 unspecified atom stereocenters. The second kappa shape index (κ2) is 9.06. The van der Waals surface area contributed by atoms with Gasteiger partial charge in [0.05, 0.1) is 12.1 Å². The Bertz CT molecular complexity index is 1310. The summed E-state index contributed by atoms with van der Waals surface area (Å²) >= 11 is 3.41. The largest absolute Gasteiger partial charge is 0.431 e. The molecule has 3 aromatic carbocycles. The van der Waals surface area contributed by atoms with Gasteiger partial charge in [0.2, 0.25) is 0 Å². The molecular weight excluding hydrogens is 493 g/mol. The van der Waals surface area contributed by atoms with Crippen molar-refractivity contribution < 1.29 is 18.0 Å². The van der Waals surface area contributed by atoms with E-state index in [4.69, 9.17) is 0 Å².